The van der Waals surface area contributed by atoms with Crippen molar-refractivity contribution < 1.29 is 9.90 Å². The van der Waals surface area contributed by atoms with E-state index in [1.165, 1.54) is 10.8 Å². The molecule has 2 fully saturated rings. The fourth-order valence-corrected chi connectivity index (χ4v) is 4.78. The van der Waals surface area contributed by atoms with Gasteiger partial charge >= 0.3 is 5.97 Å². The number of nitrogen functional groups attached to an aromatic ring is 1. The first-order chi connectivity index (χ1) is 15.5. The summed E-state index contributed by atoms with van der Waals surface area (Å²) in [7, 11) is 0. The summed E-state index contributed by atoms with van der Waals surface area (Å²) >= 11 is 0. The number of carboxylic acid groups (broad SMARTS) is 1. The Morgan fingerprint density at radius 3 is 2.69 bits per heavy atom. The maximum atomic E-state index is 11.3. The number of benzene rings is 2. The zero-order chi connectivity index (χ0) is 22.1. The smallest absolute Gasteiger partial charge is 0.320 e. The van der Waals surface area contributed by atoms with Crippen LogP contribution in [0, 0.1) is 5.41 Å². The van der Waals surface area contributed by atoms with Gasteiger partial charge in [-0.25, -0.2) is 0 Å². The van der Waals surface area contributed by atoms with Gasteiger partial charge in [-0.3, -0.25) is 4.79 Å². The second-order valence-corrected chi connectivity index (χ2v) is 8.82. The summed E-state index contributed by atoms with van der Waals surface area (Å²) in [5.74, 6) is 0.435. The lowest BCUT2D eigenvalue weighted by Crippen LogP contribution is -2.42. The third-order valence-corrected chi connectivity index (χ3v) is 6.67. The molecule has 166 valence electrons. The van der Waals surface area contributed by atoms with Gasteiger partial charge in [0.05, 0.1) is 0 Å². The summed E-state index contributed by atoms with van der Waals surface area (Å²) in [5.41, 5.74) is 7.14. The lowest BCUT2D eigenvalue weighted by atomic mass is 9.76. The van der Waals surface area contributed by atoms with Crippen LogP contribution < -0.4 is 21.3 Å². The Kier molecular flexibility index (Phi) is 5.26. The van der Waals surface area contributed by atoms with E-state index in [0.29, 0.717) is 24.9 Å². The Morgan fingerprint density at radius 2 is 1.94 bits per heavy atom. The summed E-state index contributed by atoms with van der Waals surface area (Å²) in [4.78, 5) is 26.6. The number of hydrogen-bond acceptors (Lipinski definition) is 8. The maximum absolute atomic E-state index is 11.3. The molecule has 5 rings (SSSR count). The molecule has 0 amide bonds. The molecule has 1 spiro atoms. The molecule has 5 N–H and O–H groups in total. The first-order valence-corrected chi connectivity index (χ1v) is 10.9. The topological polar surface area (TPSA) is 129 Å². The Bertz CT molecular complexity index is 1140. The number of hydrogen-bond donors (Lipinski definition) is 4. The molecule has 2 saturated heterocycles. The molecule has 1 atom stereocenters. The fourth-order valence-electron chi connectivity index (χ4n) is 4.78. The molecule has 1 unspecified atom stereocenters. The van der Waals surface area contributed by atoms with Gasteiger partial charge in [0.1, 0.15) is 6.04 Å². The van der Waals surface area contributed by atoms with Gasteiger partial charge in [-0.15, -0.1) is 0 Å². The van der Waals surface area contributed by atoms with E-state index >= 15 is 0 Å². The van der Waals surface area contributed by atoms with E-state index in [0.717, 1.165) is 38.0 Å². The molecule has 9 heteroatoms. The molecule has 2 aromatic carbocycles. The molecule has 3 aromatic rings. The van der Waals surface area contributed by atoms with Crippen LogP contribution in [0.5, 0.6) is 0 Å². The molecule has 0 bridgehead atoms. The van der Waals surface area contributed by atoms with E-state index in [1.54, 1.807) is 0 Å². The van der Waals surface area contributed by atoms with Crippen molar-refractivity contribution in [3.63, 3.8) is 0 Å². The second kappa shape index (κ2) is 8.23. The SMILES string of the molecule is Nc1nc(NCc2ccc3ccccc3c2)nc(N2CCC3(CC2)CNC(C(=O)O)C3)n1. The molecule has 3 heterocycles. The van der Waals surface area contributed by atoms with Gasteiger partial charge in [0, 0.05) is 26.2 Å². The van der Waals surface area contributed by atoms with Crippen molar-refractivity contribution >= 4 is 34.6 Å². The van der Waals surface area contributed by atoms with E-state index in [-0.39, 0.29) is 11.4 Å². The molecular weight excluding hydrogens is 406 g/mol. The molecule has 0 radical (unpaired) electrons. The van der Waals surface area contributed by atoms with Gasteiger partial charge < -0.3 is 26.4 Å². The number of aliphatic carboxylic acids is 1. The number of nitrogens with one attached hydrogen (secondary N) is 2. The summed E-state index contributed by atoms with van der Waals surface area (Å²) in [6.45, 7) is 2.86. The van der Waals surface area contributed by atoms with Gasteiger partial charge in [0.25, 0.3) is 0 Å². The highest BCUT2D eigenvalue weighted by Gasteiger charge is 2.43. The number of rotatable bonds is 5. The summed E-state index contributed by atoms with van der Waals surface area (Å²) < 4.78 is 0. The average molecular weight is 434 g/mol. The van der Waals surface area contributed by atoms with Crippen LogP contribution in [0.1, 0.15) is 24.8 Å². The summed E-state index contributed by atoms with van der Waals surface area (Å²) in [5, 5.41) is 18.1. The molecule has 1 aromatic heterocycles. The Labute approximate surface area is 186 Å². The van der Waals surface area contributed by atoms with E-state index < -0.39 is 12.0 Å². The van der Waals surface area contributed by atoms with Gasteiger partial charge in [-0.05, 0) is 47.1 Å². The summed E-state index contributed by atoms with van der Waals surface area (Å²) in [6.07, 6.45) is 2.47. The normalized spacial score (nSPS) is 20.0. The van der Waals surface area contributed by atoms with Crippen LogP contribution in [0.2, 0.25) is 0 Å². The number of carboxylic acids is 1. The van der Waals surface area contributed by atoms with Crippen molar-refractivity contribution in [2.75, 3.05) is 35.6 Å². The molecule has 0 aliphatic carbocycles. The largest absolute Gasteiger partial charge is 0.480 e. The van der Waals surface area contributed by atoms with Crippen molar-refractivity contribution in [3.8, 4) is 0 Å². The Morgan fingerprint density at radius 1 is 1.16 bits per heavy atom. The highest BCUT2D eigenvalue weighted by Crippen LogP contribution is 2.40. The Balaban J connectivity index is 1.24. The lowest BCUT2D eigenvalue weighted by Gasteiger charge is -2.38. The zero-order valence-electron chi connectivity index (χ0n) is 17.8. The number of carbonyl (C=O) groups is 1. The predicted molar refractivity (Wildman–Crippen MR) is 123 cm³/mol. The van der Waals surface area contributed by atoms with E-state index in [4.69, 9.17) is 5.73 Å². The number of nitrogens with zero attached hydrogens (tertiary/aromatic N) is 4. The van der Waals surface area contributed by atoms with Gasteiger partial charge in [-0.2, -0.15) is 15.0 Å². The number of aromatic nitrogens is 3. The van der Waals surface area contributed by atoms with Gasteiger partial charge in [0.15, 0.2) is 0 Å². The number of piperidine rings is 1. The highest BCUT2D eigenvalue weighted by atomic mass is 16.4. The monoisotopic (exact) mass is 433 g/mol. The zero-order valence-corrected chi connectivity index (χ0v) is 17.8. The minimum absolute atomic E-state index is 0.0370. The van der Waals surface area contributed by atoms with E-state index in [1.807, 2.05) is 12.1 Å². The number of anilines is 3. The van der Waals surface area contributed by atoms with E-state index in [9.17, 15) is 9.90 Å². The summed E-state index contributed by atoms with van der Waals surface area (Å²) in [6, 6.07) is 14.2. The van der Waals surface area contributed by atoms with Crippen LogP contribution in [0.15, 0.2) is 42.5 Å². The Hall–Kier alpha value is -3.46. The maximum Gasteiger partial charge on any atom is 0.320 e. The predicted octanol–water partition coefficient (Wildman–Crippen LogP) is 2.25. The molecule has 32 heavy (non-hydrogen) atoms. The number of nitrogens with two attached hydrogens (primary N) is 1. The van der Waals surface area contributed by atoms with Crippen LogP contribution in [0.25, 0.3) is 10.8 Å². The fraction of sp³-hybridized carbons (Fsp3) is 0.391. The first-order valence-electron chi connectivity index (χ1n) is 10.9. The minimum atomic E-state index is -0.767. The first kappa shape index (κ1) is 20.4. The van der Waals surface area contributed by atoms with Crippen LogP contribution in [0.4, 0.5) is 17.8 Å². The standard InChI is InChI=1S/C23H27N7O2/c24-20-27-21(25-13-15-5-6-16-3-1-2-4-17(16)11-15)29-22(28-20)30-9-7-23(8-10-30)12-18(19(31)32)26-14-23/h1-6,11,18,26H,7-10,12-14H2,(H,31,32)(H3,24,25,27,28,29). The van der Waals surface area contributed by atoms with Crippen molar-refractivity contribution in [1.29, 1.82) is 0 Å². The lowest BCUT2D eigenvalue weighted by molar-refractivity contribution is -0.139. The quantitative estimate of drug-likeness (QED) is 0.479. The van der Waals surface area contributed by atoms with Crippen LogP contribution in [-0.4, -0.2) is 51.7 Å². The van der Waals surface area contributed by atoms with Crippen LogP contribution in [0.3, 0.4) is 0 Å². The third kappa shape index (κ3) is 4.16. The highest BCUT2D eigenvalue weighted by molar-refractivity contribution is 5.83. The van der Waals surface area contributed by atoms with Crippen molar-refractivity contribution in [2.45, 2.75) is 31.8 Å². The van der Waals surface area contributed by atoms with Crippen molar-refractivity contribution in [2.24, 2.45) is 5.41 Å². The number of fused-ring (bicyclic) bond motifs is 1. The molecular formula is C23H27N7O2. The molecule has 2 aliphatic rings. The average Bonchev–Trinajstić information content (AvgIpc) is 3.21. The minimum Gasteiger partial charge on any atom is -0.480 e. The van der Waals surface area contributed by atoms with E-state index in [2.05, 4.69) is 60.8 Å². The van der Waals surface area contributed by atoms with Crippen LogP contribution in [-0.2, 0) is 11.3 Å². The molecule has 9 nitrogen and oxygen atoms in total. The third-order valence-electron chi connectivity index (χ3n) is 6.67. The van der Waals surface area contributed by atoms with Gasteiger partial charge in [0.2, 0.25) is 17.8 Å². The van der Waals surface area contributed by atoms with Crippen molar-refractivity contribution in [3.05, 3.63) is 48.0 Å². The van der Waals surface area contributed by atoms with Crippen LogP contribution >= 0.6 is 0 Å². The molecule has 0 saturated carbocycles. The van der Waals surface area contributed by atoms with Gasteiger partial charge in [-0.1, -0.05) is 36.4 Å². The second-order valence-electron chi connectivity index (χ2n) is 8.82. The molecule has 2 aliphatic heterocycles. The van der Waals surface area contributed by atoms with Crippen molar-refractivity contribution in [1.82, 2.24) is 20.3 Å².